The molecule has 30 heavy (non-hydrogen) atoms. The van der Waals surface area contributed by atoms with E-state index in [0.717, 1.165) is 29.0 Å². The lowest BCUT2D eigenvalue weighted by atomic mass is 9.73. The third kappa shape index (κ3) is 4.24. The summed E-state index contributed by atoms with van der Waals surface area (Å²) < 4.78 is 11.1. The number of hydrogen-bond donors (Lipinski definition) is 1. The average molecular weight is 402 g/mol. The Morgan fingerprint density at radius 2 is 1.63 bits per heavy atom. The Morgan fingerprint density at radius 3 is 2.30 bits per heavy atom. The molecule has 0 saturated carbocycles. The van der Waals surface area contributed by atoms with Crippen LogP contribution in [0.15, 0.2) is 78.9 Å². The second-order valence-corrected chi connectivity index (χ2v) is 7.70. The van der Waals surface area contributed by atoms with Crippen LogP contribution >= 0.6 is 0 Å². The minimum Gasteiger partial charge on any atom is -0.496 e. The zero-order valence-electron chi connectivity index (χ0n) is 17.3. The van der Waals surface area contributed by atoms with E-state index in [-0.39, 0.29) is 5.91 Å². The van der Waals surface area contributed by atoms with Crippen LogP contribution < -0.4 is 10.1 Å². The van der Waals surface area contributed by atoms with Crippen molar-refractivity contribution >= 4 is 11.6 Å². The Bertz CT molecular complexity index is 980. The molecule has 1 fully saturated rings. The first-order valence-corrected chi connectivity index (χ1v) is 10.4. The normalized spacial score (nSPS) is 15.4. The molecule has 0 aromatic heterocycles. The highest BCUT2D eigenvalue weighted by atomic mass is 16.5. The average Bonchev–Trinajstić information content (AvgIpc) is 2.81. The fourth-order valence-electron chi connectivity index (χ4n) is 4.18. The van der Waals surface area contributed by atoms with E-state index in [4.69, 9.17) is 9.47 Å². The topological polar surface area (TPSA) is 47.6 Å². The molecule has 4 nitrogen and oxygen atoms in total. The van der Waals surface area contributed by atoms with Crippen LogP contribution in [-0.2, 0) is 21.4 Å². The van der Waals surface area contributed by atoms with Gasteiger partial charge in [-0.3, -0.25) is 4.79 Å². The summed E-state index contributed by atoms with van der Waals surface area (Å²) in [6.07, 6.45) is 2.09. The predicted octanol–water partition coefficient (Wildman–Crippen LogP) is 4.97. The maximum absolute atomic E-state index is 13.5. The Morgan fingerprint density at radius 1 is 0.967 bits per heavy atom. The quantitative estimate of drug-likeness (QED) is 0.634. The second-order valence-electron chi connectivity index (χ2n) is 7.70. The maximum Gasteiger partial charge on any atom is 0.235 e. The SMILES string of the molecule is COc1ccc(NC(=O)C2(c3ccccc3)CCOCC2)cc1Cc1ccccc1. The lowest BCUT2D eigenvalue weighted by Gasteiger charge is -2.36. The molecular formula is C26H27NO3. The van der Waals surface area contributed by atoms with E-state index in [9.17, 15) is 4.79 Å². The van der Waals surface area contributed by atoms with E-state index >= 15 is 0 Å². The zero-order valence-corrected chi connectivity index (χ0v) is 17.3. The molecule has 0 atom stereocenters. The van der Waals surface area contributed by atoms with E-state index in [1.165, 1.54) is 5.56 Å². The van der Waals surface area contributed by atoms with Crippen molar-refractivity contribution in [1.82, 2.24) is 0 Å². The third-order valence-electron chi connectivity index (χ3n) is 5.88. The summed E-state index contributed by atoms with van der Waals surface area (Å²) in [5.74, 6) is 0.841. The van der Waals surface area contributed by atoms with Crippen LogP contribution in [-0.4, -0.2) is 26.2 Å². The molecule has 3 aromatic rings. The molecule has 1 heterocycles. The molecule has 154 valence electrons. The largest absolute Gasteiger partial charge is 0.496 e. The first kappa shape index (κ1) is 20.2. The summed E-state index contributed by atoms with van der Waals surface area (Å²) in [7, 11) is 1.68. The van der Waals surface area contributed by atoms with Crippen LogP contribution in [0.1, 0.15) is 29.5 Å². The van der Waals surface area contributed by atoms with Crippen molar-refractivity contribution in [3.8, 4) is 5.75 Å². The van der Waals surface area contributed by atoms with Gasteiger partial charge in [-0.1, -0.05) is 60.7 Å². The summed E-state index contributed by atoms with van der Waals surface area (Å²) in [5, 5.41) is 3.18. The van der Waals surface area contributed by atoms with Gasteiger partial charge in [0.05, 0.1) is 12.5 Å². The van der Waals surface area contributed by atoms with Crippen LogP contribution in [0, 0.1) is 0 Å². The van der Waals surface area contributed by atoms with Crippen molar-refractivity contribution in [3.63, 3.8) is 0 Å². The summed E-state index contributed by atoms with van der Waals surface area (Å²) in [4.78, 5) is 13.5. The van der Waals surface area contributed by atoms with Gasteiger partial charge in [-0.15, -0.1) is 0 Å². The molecule has 1 saturated heterocycles. The number of nitrogens with one attached hydrogen (secondary N) is 1. The van der Waals surface area contributed by atoms with Gasteiger partial charge in [0.25, 0.3) is 0 Å². The highest BCUT2D eigenvalue weighted by Gasteiger charge is 2.41. The third-order valence-corrected chi connectivity index (χ3v) is 5.88. The highest BCUT2D eigenvalue weighted by molar-refractivity contribution is 5.99. The van der Waals surface area contributed by atoms with Gasteiger partial charge in [-0.25, -0.2) is 0 Å². The molecule has 1 amide bonds. The molecule has 1 aliphatic heterocycles. The Kier molecular flexibility index (Phi) is 6.15. The number of ether oxygens (including phenoxy) is 2. The van der Waals surface area contributed by atoms with Gasteiger partial charge in [0.1, 0.15) is 5.75 Å². The lowest BCUT2D eigenvalue weighted by molar-refractivity contribution is -0.125. The second kappa shape index (κ2) is 9.14. The summed E-state index contributed by atoms with van der Waals surface area (Å²) in [5.41, 5.74) is 3.50. The molecule has 0 radical (unpaired) electrons. The van der Waals surface area contributed by atoms with Crippen molar-refractivity contribution in [2.24, 2.45) is 0 Å². The first-order chi connectivity index (χ1) is 14.7. The molecule has 0 bridgehead atoms. The molecular weight excluding hydrogens is 374 g/mol. The molecule has 3 aromatic carbocycles. The standard InChI is InChI=1S/C26H27NO3/c1-29-24-13-12-23(19-21(24)18-20-8-4-2-5-9-20)27-25(28)26(14-16-30-17-15-26)22-10-6-3-7-11-22/h2-13,19H,14-18H2,1H3,(H,27,28). The van der Waals surface area contributed by atoms with Gasteiger partial charge < -0.3 is 14.8 Å². The van der Waals surface area contributed by atoms with Gasteiger partial charge >= 0.3 is 0 Å². The van der Waals surface area contributed by atoms with Crippen molar-refractivity contribution < 1.29 is 14.3 Å². The monoisotopic (exact) mass is 401 g/mol. The number of benzene rings is 3. The summed E-state index contributed by atoms with van der Waals surface area (Å²) >= 11 is 0. The number of hydrogen-bond acceptors (Lipinski definition) is 3. The molecule has 0 unspecified atom stereocenters. The number of carbonyl (C=O) groups excluding carboxylic acids is 1. The van der Waals surface area contributed by atoms with E-state index in [0.29, 0.717) is 26.1 Å². The highest BCUT2D eigenvalue weighted by Crippen LogP contribution is 2.36. The zero-order chi connectivity index (χ0) is 20.8. The van der Waals surface area contributed by atoms with Crippen LogP contribution in [0.2, 0.25) is 0 Å². The number of rotatable bonds is 6. The lowest BCUT2D eigenvalue weighted by Crippen LogP contribution is -2.44. The minimum atomic E-state index is -0.570. The Hall–Kier alpha value is -3.11. The minimum absolute atomic E-state index is 0.0211. The molecule has 4 heteroatoms. The fraction of sp³-hybridized carbons (Fsp3) is 0.269. The fourth-order valence-corrected chi connectivity index (χ4v) is 4.18. The van der Waals surface area contributed by atoms with Crippen molar-refractivity contribution in [2.45, 2.75) is 24.7 Å². The molecule has 4 rings (SSSR count). The summed E-state index contributed by atoms with van der Waals surface area (Å²) in [6.45, 7) is 1.17. The maximum atomic E-state index is 13.5. The smallest absolute Gasteiger partial charge is 0.235 e. The van der Waals surface area contributed by atoms with E-state index in [2.05, 4.69) is 17.4 Å². The van der Waals surface area contributed by atoms with E-state index in [1.54, 1.807) is 7.11 Å². The number of amides is 1. The number of methoxy groups -OCH3 is 1. The van der Waals surface area contributed by atoms with Gasteiger partial charge in [0.15, 0.2) is 0 Å². The van der Waals surface area contributed by atoms with Crippen molar-refractivity contribution in [1.29, 1.82) is 0 Å². The molecule has 0 aliphatic carbocycles. The van der Waals surface area contributed by atoms with Gasteiger partial charge in [-0.2, -0.15) is 0 Å². The van der Waals surface area contributed by atoms with Crippen LogP contribution in [0.4, 0.5) is 5.69 Å². The van der Waals surface area contributed by atoms with Gasteiger partial charge in [0.2, 0.25) is 5.91 Å². The van der Waals surface area contributed by atoms with Crippen LogP contribution in [0.3, 0.4) is 0 Å². The molecule has 1 aliphatic rings. The van der Waals surface area contributed by atoms with Gasteiger partial charge in [-0.05, 0) is 42.2 Å². The van der Waals surface area contributed by atoms with Crippen LogP contribution in [0.25, 0.3) is 0 Å². The Labute approximate surface area is 177 Å². The molecule has 1 N–H and O–H groups in total. The first-order valence-electron chi connectivity index (χ1n) is 10.4. The number of anilines is 1. The number of carbonyl (C=O) groups is 1. The Balaban J connectivity index is 1.61. The van der Waals surface area contributed by atoms with Crippen LogP contribution in [0.5, 0.6) is 5.75 Å². The predicted molar refractivity (Wildman–Crippen MR) is 119 cm³/mol. The van der Waals surface area contributed by atoms with Crippen molar-refractivity contribution in [2.75, 3.05) is 25.6 Å². The summed E-state index contributed by atoms with van der Waals surface area (Å²) in [6, 6.07) is 26.1. The molecule has 0 spiro atoms. The van der Waals surface area contributed by atoms with Crippen molar-refractivity contribution in [3.05, 3.63) is 95.6 Å². The van der Waals surface area contributed by atoms with Gasteiger partial charge in [0, 0.05) is 30.9 Å². The van der Waals surface area contributed by atoms with E-state index < -0.39 is 5.41 Å². The van der Waals surface area contributed by atoms with E-state index in [1.807, 2.05) is 66.7 Å².